The van der Waals surface area contributed by atoms with Gasteiger partial charge in [0.05, 0.1) is 23.9 Å². The summed E-state index contributed by atoms with van der Waals surface area (Å²) in [6, 6.07) is 12.4. The number of amides is 1. The summed E-state index contributed by atoms with van der Waals surface area (Å²) >= 11 is 12.3. The number of benzene rings is 2. The molecule has 2 aromatic carbocycles. The summed E-state index contributed by atoms with van der Waals surface area (Å²) in [5.41, 5.74) is 0.493. The fourth-order valence-corrected chi connectivity index (χ4v) is 3.20. The molecule has 1 heterocycles. The molecule has 0 aromatic heterocycles. The molecule has 0 saturated carbocycles. The zero-order valence-corrected chi connectivity index (χ0v) is 16.8. The van der Waals surface area contributed by atoms with Crippen molar-refractivity contribution in [3.8, 4) is 5.75 Å². The molecule has 0 spiro atoms. The first-order chi connectivity index (χ1) is 12.8. The van der Waals surface area contributed by atoms with Crippen LogP contribution in [0.3, 0.4) is 0 Å². The SMILES string of the molecule is CC(C)(Oc1ccc(Cl)cc1)C(=O)Nc1ccc(N2CCOCC2)c(Cl)c1. The van der Waals surface area contributed by atoms with Crippen molar-refractivity contribution in [1.29, 1.82) is 0 Å². The molecule has 1 aliphatic rings. The molecule has 0 radical (unpaired) electrons. The zero-order valence-electron chi connectivity index (χ0n) is 15.3. The topological polar surface area (TPSA) is 50.8 Å². The number of rotatable bonds is 5. The summed E-state index contributed by atoms with van der Waals surface area (Å²) in [5.74, 6) is 0.299. The molecule has 144 valence electrons. The van der Waals surface area contributed by atoms with Gasteiger partial charge in [-0.15, -0.1) is 0 Å². The number of halogens is 2. The molecular weight excluding hydrogens is 387 g/mol. The molecule has 0 atom stereocenters. The Kier molecular flexibility index (Phi) is 6.15. The number of morpholine rings is 1. The summed E-state index contributed by atoms with van der Waals surface area (Å²) in [6.45, 7) is 6.39. The highest BCUT2D eigenvalue weighted by atomic mass is 35.5. The van der Waals surface area contributed by atoms with Gasteiger partial charge in [0.1, 0.15) is 5.75 Å². The van der Waals surface area contributed by atoms with Crippen LogP contribution < -0.4 is 15.0 Å². The quantitative estimate of drug-likeness (QED) is 0.783. The van der Waals surface area contributed by atoms with Gasteiger partial charge in [0.25, 0.3) is 5.91 Å². The van der Waals surface area contributed by atoms with E-state index < -0.39 is 5.60 Å². The maximum absolute atomic E-state index is 12.7. The van der Waals surface area contributed by atoms with E-state index in [1.54, 1.807) is 44.2 Å². The van der Waals surface area contributed by atoms with E-state index in [2.05, 4.69) is 10.2 Å². The Balaban J connectivity index is 1.67. The number of anilines is 2. The van der Waals surface area contributed by atoms with Crippen LogP contribution in [0, 0.1) is 0 Å². The van der Waals surface area contributed by atoms with Crippen LogP contribution in [0.4, 0.5) is 11.4 Å². The highest BCUT2D eigenvalue weighted by Gasteiger charge is 2.30. The standard InChI is InChI=1S/C20H22Cl2N2O3/c1-20(2,27-16-6-3-14(21)4-7-16)19(25)23-15-5-8-18(17(22)13-15)24-9-11-26-12-10-24/h3-8,13H,9-12H2,1-2H3,(H,23,25). The minimum atomic E-state index is -1.07. The van der Waals surface area contributed by atoms with Gasteiger partial charge in [-0.2, -0.15) is 0 Å². The van der Waals surface area contributed by atoms with Crippen LogP contribution in [-0.2, 0) is 9.53 Å². The number of carbonyl (C=O) groups excluding carboxylic acids is 1. The van der Waals surface area contributed by atoms with Crippen LogP contribution in [0.1, 0.15) is 13.8 Å². The van der Waals surface area contributed by atoms with E-state index in [-0.39, 0.29) is 5.91 Å². The Morgan fingerprint density at radius 1 is 1.11 bits per heavy atom. The molecular formula is C20H22Cl2N2O3. The smallest absolute Gasteiger partial charge is 0.267 e. The molecule has 1 N–H and O–H groups in total. The van der Waals surface area contributed by atoms with Crippen molar-refractivity contribution in [3.05, 3.63) is 52.5 Å². The number of hydrogen-bond acceptors (Lipinski definition) is 4. The number of nitrogens with zero attached hydrogens (tertiary/aromatic N) is 1. The van der Waals surface area contributed by atoms with Gasteiger partial charge in [-0.3, -0.25) is 4.79 Å². The second kappa shape index (κ2) is 8.38. The molecule has 27 heavy (non-hydrogen) atoms. The van der Waals surface area contributed by atoms with Crippen molar-refractivity contribution in [2.75, 3.05) is 36.5 Å². The van der Waals surface area contributed by atoms with E-state index in [0.717, 1.165) is 18.8 Å². The fourth-order valence-electron chi connectivity index (χ4n) is 2.77. The number of hydrogen-bond donors (Lipinski definition) is 1. The van der Waals surface area contributed by atoms with E-state index in [1.807, 2.05) is 12.1 Å². The number of carbonyl (C=O) groups is 1. The third-order valence-corrected chi connectivity index (χ3v) is 4.85. The van der Waals surface area contributed by atoms with Crippen molar-refractivity contribution in [2.24, 2.45) is 0 Å². The minimum absolute atomic E-state index is 0.271. The van der Waals surface area contributed by atoms with Gasteiger partial charge in [0.15, 0.2) is 5.60 Å². The molecule has 3 rings (SSSR count). The fraction of sp³-hybridized carbons (Fsp3) is 0.350. The predicted molar refractivity (Wildman–Crippen MR) is 109 cm³/mol. The summed E-state index contributed by atoms with van der Waals surface area (Å²) in [4.78, 5) is 14.8. The van der Waals surface area contributed by atoms with Gasteiger partial charge in [0, 0.05) is 23.8 Å². The van der Waals surface area contributed by atoms with Gasteiger partial charge >= 0.3 is 0 Å². The van der Waals surface area contributed by atoms with E-state index in [0.29, 0.717) is 34.7 Å². The molecule has 2 aromatic rings. The highest BCUT2D eigenvalue weighted by molar-refractivity contribution is 6.33. The lowest BCUT2D eigenvalue weighted by atomic mass is 10.1. The second-order valence-corrected chi connectivity index (χ2v) is 7.63. The van der Waals surface area contributed by atoms with Gasteiger partial charge in [-0.25, -0.2) is 0 Å². The van der Waals surface area contributed by atoms with Crippen LogP contribution in [0.5, 0.6) is 5.75 Å². The van der Waals surface area contributed by atoms with Crippen molar-refractivity contribution < 1.29 is 14.3 Å². The zero-order chi connectivity index (χ0) is 19.4. The first-order valence-electron chi connectivity index (χ1n) is 8.73. The largest absolute Gasteiger partial charge is 0.478 e. The van der Waals surface area contributed by atoms with Gasteiger partial charge < -0.3 is 19.7 Å². The Morgan fingerprint density at radius 2 is 1.78 bits per heavy atom. The van der Waals surface area contributed by atoms with Crippen molar-refractivity contribution in [2.45, 2.75) is 19.4 Å². The van der Waals surface area contributed by atoms with Crippen LogP contribution in [0.15, 0.2) is 42.5 Å². The minimum Gasteiger partial charge on any atom is -0.478 e. The Bertz CT molecular complexity index is 803. The van der Waals surface area contributed by atoms with Crippen LogP contribution in [0.2, 0.25) is 10.0 Å². The molecule has 1 fully saturated rings. The monoisotopic (exact) mass is 408 g/mol. The summed E-state index contributed by atoms with van der Waals surface area (Å²) in [6.07, 6.45) is 0. The Morgan fingerprint density at radius 3 is 2.41 bits per heavy atom. The van der Waals surface area contributed by atoms with E-state index >= 15 is 0 Å². The number of nitrogens with one attached hydrogen (secondary N) is 1. The van der Waals surface area contributed by atoms with Gasteiger partial charge in [-0.05, 0) is 56.3 Å². The Labute approximate surface area is 169 Å². The highest BCUT2D eigenvalue weighted by Crippen LogP contribution is 2.30. The average Bonchev–Trinajstić information content (AvgIpc) is 2.64. The molecule has 1 amide bonds. The van der Waals surface area contributed by atoms with E-state index in [9.17, 15) is 4.79 Å². The summed E-state index contributed by atoms with van der Waals surface area (Å²) < 4.78 is 11.2. The van der Waals surface area contributed by atoms with Gasteiger partial charge in [0.2, 0.25) is 0 Å². The first-order valence-corrected chi connectivity index (χ1v) is 9.49. The third kappa shape index (κ3) is 5.06. The summed E-state index contributed by atoms with van der Waals surface area (Å²) in [7, 11) is 0. The van der Waals surface area contributed by atoms with Crippen molar-refractivity contribution in [1.82, 2.24) is 0 Å². The Hall–Kier alpha value is -1.95. The van der Waals surface area contributed by atoms with Crippen molar-refractivity contribution in [3.63, 3.8) is 0 Å². The van der Waals surface area contributed by atoms with Crippen molar-refractivity contribution >= 4 is 40.5 Å². The molecule has 0 bridgehead atoms. The molecule has 1 saturated heterocycles. The maximum atomic E-state index is 12.7. The second-order valence-electron chi connectivity index (χ2n) is 6.79. The van der Waals surface area contributed by atoms with E-state index in [1.165, 1.54) is 0 Å². The summed E-state index contributed by atoms with van der Waals surface area (Å²) in [5, 5.41) is 4.07. The average molecular weight is 409 g/mol. The molecule has 5 nitrogen and oxygen atoms in total. The molecule has 0 aliphatic carbocycles. The number of ether oxygens (including phenoxy) is 2. The molecule has 1 aliphatic heterocycles. The lowest BCUT2D eigenvalue weighted by molar-refractivity contribution is -0.128. The van der Waals surface area contributed by atoms with Crippen LogP contribution in [-0.4, -0.2) is 37.8 Å². The third-order valence-electron chi connectivity index (χ3n) is 4.29. The lowest BCUT2D eigenvalue weighted by Gasteiger charge is -2.30. The maximum Gasteiger partial charge on any atom is 0.267 e. The first kappa shape index (κ1) is 19.8. The van der Waals surface area contributed by atoms with Gasteiger partial charge in [-0.1, -0.05) is 23.2 Å². The van der Waals surface area contributed by atoms with Crippen LogP contribution >= 0.6 is 23.2 Å². The molecule has 0 unspecified atom stereocenters. The van der Waals surface area contributed by atoms with E-state index in [4.69, 9.17) is 32.7 Å². The molecule has 7 heteroatoms. The lowest BCUT2D eigenvalue weighted by Crippen LogP contribution is -2.42. The normalized spacial score (nSPS) is 14.7. The van der Waals surface area contributed by atoms with Crippen LogP contribution in [0.25, 0.3) is 0 Å². The predicted octanol–water partition coefficient (Wildman–Crippen LogP) is 4.63.